The number of aliphatic hydroxyl groups is 1. The van der Waals surface area contributed by atoms with Gasteiger partial charge in [-0.25, -0.2) is 0 Å². The molecular weight excluding hydrogens is 434 g/mol. The zero-order chi connectivity index (χ0) is 24.1. The van der Waals surface area contributed by atoms with E-state index in [9.17, 15) is 14.7 Å². The van der Waals surface area contributed by atoms with Gasteiger partial charge < -0.3 is 24.2 Å². The summed E-state index contributed by atoms with van der Waals surface area (Å²) < 4.78 is 17.1. The SMILES string of the molecule is CCCOc1cccc(/C(O)=C2/C(=O)C(=O)N(CC3CCCO3)C2c2cccc(OCC)c2)c1. The molecule has 2 aromatic carbocycles. The van der Waals surface area contributed by atoms with Crippen molar-refractivity contribution in [1.29, 1.82) is 0 Å². The summed E-state index contributed by atoms with van der Waals surface area (Å²) in [4.78, 5) is 27.9. The van der Waals surface area contributed by atoms with Crippen LogP contribution in [0, 0.1) is 0 Å². The molecule has 180 valence electrons. The number of aliphatic hydroxyl groups excluding tert-OH is 1. The summed E-state index contributed by atoms with van der Waals surface area (Å²) in [7, 11) is 0. The van der Waals surface area contributed by atoms with E-state index in [0.717, 1.165) is 19.3 Å². The highest BCUT2D eigenvalue weighted by Crippen LogP contribution is 2.41. The van der Waals surface area contributed by atoms with E-state index in [1.807, 2.05) is 38.1 Å². The predicted octanol–water partition coefficient (Wildman–Crippen LogP) is 4.47. The molecule has 2 aromatic rings. The molecule has 0 saturated carbocycles. The quantitative estimate of drug-likeness (QED) is 0.334. The molecule has 7 nitrogen and oxygen atoms in total. The lowest BCUT2D eigenvalue weighted by Gasteiger charge is -2.27. The van der Waals surface area contributed by atoms with Crippen molar-refractivity contribution < 1.29 is 28.9 Å². The van der Waals surface area contributed by atoms with Crippen LogP contribution < -0.4 is 9.47 Å². The van der Waals surface area contributed by atoms with Crippen LogP contribution in [0.15, 0.2) is 54.1 Å². The van der Waals surface area contributed by atoms with Crippen LogP contribution in [-0.4, -0.2) is 54.2 Å². The molecule has 2 atom stereocenters. The van der Waals surface area contributed by atoms with E-state index in [0.29, 0.717) is 42.4 Å². The van der Waals surface area contributed by atoms with Crippen molar-refractivity contribution in [3.63, 3.8) is 0 Å². The molecule has 2 aliphatic rings. The molecule has 1 amide bonds. The highest BCUT2D eigenvalue weighted by molar-refractivity contribution is 6.46. The zero-order valence-electron chi connectivity index (χ0n) is 19.7. The number of amides is 1. The van der Waals surface area contributed by atoms with E-state index in [-0.39, 0.29) is 24.0 Å². The Kier molecular flexibility index (Phi) is 7.53. The Labute approximate surface area is 199 Å². The van der Waals surface area contributed by atoms with Crippen LogP contribution in [-0.2, 0) is 14.3 Å². The van der Waals surface area contributed by atoms with E-state index < -0.39 is 17.7 Å². The Balaban J connectivity index is 1.79. The number of carbonyl (C=O) groups is 2. The second kappa shape index (κ2) is 10.7. The maximum Gasteiger partial charge on any atom is 0.295 e. The van der Waals surface area contributed by atoms with Gasteiger partial charge in [0.15, 0.2) is 0 Å². The number of ketones is 1. The molecule has 2 aliphatic heterocycles. The van der Waals surface area contributed by atoms with E-state index in [4.69, 9.17) is 14.2 Å². The fourth-order valence-electron chi connectivity index (χ4n) is 4.47. The maximum atomic E-state index is 13.2. The predicted molar refractivity (Wildman–Crippen MR) is 128 cm³/mol. The minimum Gasteiger partial charge on any atom is -0.507 e. The molecule has 0 radical (unpaired) electrons. The summed E-state index contributed by atoms with van der Waals surface area (Å²) >= 11 is 0. The van der Waals surface area contributed by atoms with Crippen molar-refractivity contribution in [2.24, 2.45) is 0 Å². The van der Waals surface area contributed by atoms with Crippen LogP contribution in [0.4, 0.5) is 0 Å². The maximum absolute atomic E-state index is 13.2. The molecule has 2 heterocycles. The topological polar surface area (TPSA) is 85.3 Å². The Morgan fingerprint density at radius 2 is 1.85 bits per heavy atom. The summed E-state index contributed by atoms with van der Waals surface area (Å²) in [5.74, 6) is -0.335. The molecule has 0 aromatic heterocycles. The highest BCUT2D eigenvalue weighted by atomic mass is 16.5. The summed E-state index contributed by atoms with van der Waals surface area (Å²) in [5, 5.41) is 11.3. The first kappa shape index (κ1) is 23.8. The Morgan fingerprint density at radius 1 is 1.09 bits per heavy atom. The molecule has 2 unspecified atom stereocenters. The number of ether oxygens (including phenoxy) is 3. The number of hydrogen-bond acceptors (Lipinski definition) is 6. The van der Waals surface area contributed by atoms with Crippen LogP contribution in [0.3, 0.4) is 0 Å². The summed E-state index contributed by atoms with van der Waals surface area (Å²) in [6, 6.07) is 13.5. The van der Waals surface area contributed by atoms with Crippen molar-refractivity contribution in [3.05, 3.63) is 65.2 Å². The zero-order valence-corrected chi connectivity index (χ0v) is 19.7. The van der Waals surface area contributed by atoms with Gasteiger partial charge in [-0.3, -0.25) is 9.59 Å². The molecule has 34 heavy (non-hydrogen) atoms. The Bertz CT molecular complexity index is 1070. The number of likely N-dealkylation sites (tertiary alicyclic amines) is 1. The first-order valence-corrected chi connectivity index (χ1v) is 11.9. The summed E-state index contributed by atoms with van der Waals surface area (Å²) in [6.45, 7) is 5.86. The largest absolute Gasteiger partial charge is 0.507 e. The van der Waals surface area contributed by atoms with Crippen molar-refractivity contribution >= 4 is 17.4 Å². The van der Waals surface area contributed by atoms with Gasteiger partial charge in [-0.1, -0.05) is 31.2 Å². The third-order valence-corrected chi connectivity index (χ3v) is 6.03. The van der Waals surface area contributed by atoms with Gasteiger partial charge >= 0.3 is 0 Å². The molecule has 2 fully saturated rings. The van der Waals surface area contributed by atoms with Gasteiger partial charge in [-0.05, 0) is 56.0 Å². The van der Waals surface area contributed by atoms with Gasteiger partial charge in [-0.15, -0.1) is 0 Å². The van der Waals surface area contributed by atoms with Crippen molar-refractivity contribution in [2.45, 2.75) is 45.3 Å². The van der Waals surface area contributed by atoms with Gasteiger partial charge in [0, 0.05) is 18.7 Å². The highest BCUT2D eigenvalue weighted by Gasteiger charge is 2.47. The first-order chi connectivity index (χ1) is 16.5. The van der Waals surface area contributed by atoms with E-state index in [1.165, 1.54) is 4.90 Å². The van der Waals surface area contributed by atoms with E-state index >= 15 is 0 Å². The summed E-state index contributed by atoms with van der Waals surface area (Å²) in [5.41, 5.74) is 1.18. The van der Waals surface area contributed by atoms with Crippen molar-refractivity contribution in [2.75, 3.05) is 26.4 Å². The monoisotopic (exact) mass is 465 g/mol. The third kappa shape index (κ3) is 4.94. The van der Waals surface area contributed by atoms with Crippen LogP contribution >= 0.6 is 0 Å². The lowest BCUT2D eigenvalue weighted by atomic mass is 9.95. The van der Waals surface area contributed by atoms with Gasteiger partial charge in [0.05, 0.1) is 30.9 Å². The van der Waals surface area contributed by atoms with Gasteiger partial charge in [-0.2, -0.15) is 0 Å². The number of rotatable bonds is 9. The van der Waals surface area contributed by atoms with Crippen LogP contribution in [0.2, 0.25) is 0 Å². The van der Waals surface area contributed by atoms with Crippen molar-refractivity contribution in [1.82, 2.24) is 4.90 Å². The Hall–Kier alpha value is -3.32. The standard InChI is InChI=1S/C27H31NO6/c1-3-13-33-21-11-6-9-19(16-21)25(29)23-24(18-8-5-10-20(15-18)32-4-2)28(27(31)26(23)30)17-22-12-7-14-34-22/h5-6,8-11,15-16,22,24,29H,3-4,7,12-14,17H2,1-2H3/b25-23-. The molecule has 4 rings (SSSR count). The second-order valence-electron chi connectivity index (χ2n) is 8.47. The normalized spacial score (nSPS) is 21.8. The van der Waals surface area contributed by atoms with E-state index in [2.05, 4.69) is 0 Å². The summed E-state index contributed by atoms with van der Waals surface area (Å²) in [6.07, 6.45) is 2.46. The second-order valence-corrected chi connectivity index (χ2v) is 8.47. The smallest absolute Gasteiger partial charge is 0.295 e. The number of nitrogens with zero attached hydrogens (tertiary/aromatic N) is 1. The van der Waals surface area contributed by atoms with Crippen LogP contribution in [0.1, 0.15) is 50.3 Å². The first-order valence-electron chi connectivity index (χ1n) is 11.9. The molecule has 0 aliphatic carbocycles. The molecule has 0 bridgehead atoms. The minimum atomic E-state index is -0.746. The van der Waals surface area contributed by atoms with Gasteiger partial charge in [0.25, 0.3) is 11.7 Å². The lowest BCUT2D eigenvalue weighted by molar-refractivity contribution is -0.140. The van der Waals surface area contributed by atoms with Gasteiger partial charge in [0.1, 0.15) is 17.3 Å². The average Bonchev–Trinajstić information content (AvgIpc) is 3.45. The number of benzene rings is 2. The van der Waals surface area contributed by atoms with Crippen molar-refractivity contribution in [3.8, 4) is 11.5 Å². The fraction of sp³-hybridized carbons (Fsp3) is 0.407. The van der Waals surface area contributed by atoms with Gasteiger partial charge in [0.2, 0.25) is 0 Å². The molecule has 1 N–H and O–H groups in total. The van der Waals surface area contributed by atoms with Crippen LogP contribution in [0.25, 0.3) is 5.76 Å². The van der Waals surface area contributed by atoms with E-state index in [1.54, 1.807) is 24.3 Å². The molecule has 0 spiro atoms. The minimum absolute atomic E-state index is 0.0595. The lowest BCUT2D eigenvalue weighted by Crippen LogP contribution is -2.36. The number of Topliss-reactive ketones (excluding diaryl/α,β-unsaturated/α-hetero) is 1. The Morgan fingerprint density at radius 3 is 2.56 bits per heavy atom. The molecular formula is C27H31NO6. The number of carbonyl (C=O) groups excluding carboxylic acids is 2. The fourth-order valence-corrected chi connectivity index (χ4v) is 4.47. The average molecular weight is 466 g/mol. The number of hydrogen-bond donors (Lipinski definition) is 1. The molecule has 2 saturated heterocycles. The third-order valence-electron chi connectivity index (χ3n) is 6.03. The van der Waals surface area contributed by atoms with Crippen LogP contribution in [0.5, 0.6) is 11.5 Å². The molecule has 7 heteroatoms.